The Labute approximate surface area is 151 Å². The molecule has 0 amide bonds. The number of para-hydroxylation sites is 3. The maximum absolute atomic E-state index is 4.87. The van der Waals surface area contributed by atoms with E-state index in [9.17, 15) is 0 Å². The van der Waals surface area contributed by atoms with Crippen molar-refractivity contribution in [3.8, 4) is 11.1 Å². The van der Waals surface area contributed by atoms with Crippen LogP contribution >= 0.6 is 0 Å². The molecule has 0 atom stereocenters. The largest absolute Gasteiger partial charge is 0.338 e. The Balaban J connectivity index is 1.76. The molecule has 5 aromatic rings. The smallest absolute Gasteiger partial charge is 0.155 e. The number of hydrogen-bond donors (Lipinski definition) is 1. The van der Waals surface area contributed by atoms with Gasteiger partial charge in [0.25, 0.3) is 0 Å². The van der Waals surface area contributed by atoms with E-state index in [1.807, 2.05) is 36.4 Å². The summed E-state index contributed by atoms with van der Waals surface area (Å²) in [6, 6.07) is 31.0. The molecule has 0 aliphatic rings. The Hall–Kier alpha value is -3.59. The van der Waals surface area contributed by atoms with Crippen LogP contribution in [0.4, 0.5) is 11.5 Å². The lowest BCUT2D eigenvalue weighted by Crippen LogP contribution is -1.98. The lowest BCUT2D eigenvalue weighted by molar-refractivity contribution is 1.22. The van der Waals surface area contributed by atoms with Gasteiger partial charge in [-0.1, -0.05) is 60.7 Å². The summed E-state index contributed by atoms with van der Waals surface area (Å²) in [5.41, 5.74) is 6.54. The number of benzene rings is 3. The van der Waals surface area contributed by atoms with Gasteiger partial charge >= 0.3 is 0 Å². The summed E-state index contributed by atoms with van der Waals surface area (Å²) >= 11 is 0. The number of hydrogen-bond acceptors (Lipinski definition) is 2. The van der Waals surface area contributed by atoms with E-state index in [-0.39, 0.29) is 0 Å². The molecule has 3 nitrogen and oxygen atoms in total. The van der Waals surface area contributed by atoms with Crippen LogP contribution in [0.25, 0.3) is 27.7 Å². The maximum Gasteiger partial charge on any atom is 0.155 e. The highest BCUT2D eigenvalue weighted by Crippen LogP contribution is 2.30. The molecule has 0 saturated heterocycles. The molecule has 0 bridgehead atoms. The first-order valence-corrected chi connectivity index (χ1v) is 8.67. The zero-order valence-corrected chi connectivity index (χ0v) is 14.1. The van der Waals surface area contributed by atoms with Crippen LogP contribution in [0.2, 0.25) is 0 Å². The topological polar surface area (TPSA) is 29.3 Å². The number of aromatic nitrogens is 2. The maximum atomic E-state index is 4.87. The van der Waals surface area contributed by atoms with Crippen molar-refractivity contribution in [3.63, 3.8) is 0 Å². The summed E-state index contributed by atoms with van der Waals surface area (Å²) in [6.45, 7) is 0. The predicted octanol–water partition coefficient (Wildman–Crippen LogP) is 5.90. The molecule has 3 heteroatoms. The van der Waals surface area contributed by atoms with Crippen LogP contribution in [0, 0.1) is 0 Å². The van der Waals surface area contributed by atoms with Crippen LogP contribution < -0.4 is 5.32 Å². The average molecular weight is 335 g/mol. The zero-order valence-electron chi connectivity index (χ0n) is 14.1. The summed E-state index contributed by atoms with van der Waals surface area (Å²) in [6.07, 6.45) is 2.19. The third-order valence-electron chi connectivity index (χ3n) is 4.58. The molecule has 26 heavy (non-hydrogen) atoms. The average Bonchev–Trinajstić information content (AvgIpc) is 3.16. The number of anilines is 2. The molecule has 0 saturated carbocycles. The van der Waals surface area contributed by atoms with E-state index in [0.29, 0.717) is 0 Å². The van der Waals surface area contributed by atoms with Gasteiger partial charge in [0, 0.05) is 17.4 Å². The first-order valence-electron chi connectivity index (χ1n) is 8.67. The molecule has 5 rings (SSSR count). The van der Waals surface area contributed by atoms with Crippen molar-refractivity contribution < 1.29 is 0 Å². The van der Waals surface area contributed by atoms with Crippen LogP contribution in [0.1, 0.15) is 0 Å². The second kappa shape index (κ2) is 6.05. The summed E-state index contributed by atoms with van der Waals surface area (Å²) in [4.78, 5) is 4.87. The minimum Gasteiger partial charge on any atom is -0.338 e. The second-order valence-electron chi connectivity index (χ2n) is 6.29. The van der Waals surface area contributed by atoms with E-state index in [1.165, 1.54) is 11.1 Å². The number of nitrogens with one attached hydrogen (secondary N) is 1. The van der Waals surface area contributed by atoms with Crippen LogP contribution in [0.15, 0.2) is 97.2 Å². The Kier molecular flexibility index (Phi) is 3.42. The third kappa shape index (κ3) is 2.50. The lowest BCUT2D eigenvalue weighted by Gasteiger charge is -2.10. The fourth-order valence-corrected chi connectivity index (χ4v) is 3.32. The van der Waals surface area contributed by atoms with Crippen molar-refractivity contribution in [2.45, 2.75) is 0 Å². The Bertz CT molecular complexity index is 1190. The number of rotatable bonds is 3. The Morgan fingerprint density at radius 3 is 2.15 bits per heavy atom. The zero-order chi connectivity index (χ0) is 17.3. The molecule has 124 valence electrons. The molecule has 0 aliphatic heterocycles. The first-order chi connectivity index (χ1) is 12.9. The normalized spacial score (nSPS) is 11.1. The van der Waals surface area contributed by atoms with Gasteiger partial charge in [-0.3, -0.25) is 0 Å². The van der Waals surface area contributed by atoms with Crippen LogP contribution in [0.3, 0.4) is 0 Å². The molecule has 2 aromatic heterocycles. The highest BCUT2D eigenvalue weighted by atomic mass is 15.1. The van der Waals surface area contributed by atoms with Gasteiger partial charge in [-0.2, -0.15) is 0 Å². The van der Waals surface area contributed by atoms with Crippen molar-refractivity contribution in [1.82, 2.24) is 9.38 Å². The molecule has 0 fully saturated rings. The minimum absolute atomic E-state index is 0.858. The van der Waals surface area contributed by atoms with Crippen molar-refractivity contribution >= 4 is 28.1 Å². The van der Waals surface area contributed by atoms with Gasteiger partial charge in [-0.25, -0.2) is 4.98 Å². The monoisotopic (exact) mass is 335 g/mol. The highest BCUT2D eigenvalue weighted by molar-refractivity contribution is 5.89. The summed E-state index contributed by atoms with van der Waals surface area (Å²) in [5, 5.41) is 3.47. The van der Waals surface area contributed by atoms with Gasteiger partial charge in [0.15, 0.2) is 5.82 Å². The molecule has 0 unspecified atom stereocenters. The number of nitrogens with zero attached hydrogens (tertiary/aromatic N) is 2. The Morgan fingerprint density at radius 2 is 1.35 bits per heavy atom. The molecule has 2 heterocycles. The molecule has 0 aliphatic carbocycles. The van der Waals surface area contributed by atoms with Gasteiger partial charge in [0.1, 0.15) is 0 Å². The molecular formula is C23H17N3. The van der Waals surface area contributed by atoms with E-state index < -0.39 is 0 Å². The quantitative estimate of drug-likeness (QED) is 0.445. The molecule has 3 aromatic carbocycles. The van der Waals surface area contributed by atoms with E-state index in [0.717, 1.165) is 28.1 Å². The number of fused-ring (bicyclic) bond motifs is 3. The fraction of sp³-hybridized carbons (Fsp3) is 0. The highest BCUT2D eigenvalue weighted by Gasteiger charge is 2.11. The van der Waals surface area contributed by atoms with Gasteiger partial charge in [0.2, 0.25) is 0 Å². The van der Waals surface area contributed by atoms with E-state index >= 15 is 0 Å². The molecule has 0 spiro atoms. The van der Waals surface area contributed by atoms with Crippen molar-refractivity contribution in [3.05, 3.63) is 97.2 Å². The summed E-state index contributed by atoms with van der Waals surface area (Å²) in [5.74, 6) is 0.858. The molecular weight excluding hydrogens is 318 g/mol. The van der Waals surface area contributed by atoms with Crippen LogP contribution in [-0.2, 0) is 0 Å². The SMILES string of the molecule is c1ccc(Nc2nc3ccccc3n3cc(-c4ccccc4)cc23)cc1. The lowest BCUT2D eigenvalue weighted by atomic mass is 10.1. The standard InChI is InChI=1S/C23H17N3/c1-3-9-17(10-4-1)18-15-22-23(24-19-11-5-2-6-12-19)25-20-13-7-8-14-21(20)26(22)16-18/h1-16H,(H,24,25). The van der Waals surface area contributed by atoms with Gasteiger partial charge in [0.05, 0.1) is 16.6 Å². The van der Waals surface area contributed by atoms with E-state index in [4.69, 9.17) is 4.98 Å². The summed E-state index contributed by atoms with van der Waals surface area (Å²) in [7, 11) is 0. The van der Waals surface area contributed by atoms with Crippen molar-refractivity contribution in [2.75, 3.05) is 5.32 Å². The van der Waals surface area contributed by atoms with Crippen molar-refractivity contribution in [1.29, 1.82) is 0 Å². The molecule has 1 N–H and O–H groups in total. The third-order valence-corrected chi connectivity index (χ3v) is 4.58. The van der Waals surface area contributed by atoms with Crippen LogP contribution in [0.5, 0.6) is 0 Å². The second-order valence-corrected chi connectivity index (χ2v) is 6.29. The summed E-state index contributed by atoms with van der Waals surface area (Å²) < 4.78 is 2.22. The van der Waals surface area contributed by atoms with Gasteiger partial charge < -0.3 is 9.72 Å². The van der Waals surface area contributed by atoms with E-state index in [2.05, 4.69) is 70.5 Å². The first kappa shape index (κ1) is 14.7. The van der Waals surface area contributed by atoms with Crippen molar-refractivity contribution in [2.24, 2.45) is 0 Å². The van der Waals surface area contributed by atoms with E-state index in [1.54, 1.807) is 0 Å². The Morgan fingerprint density at radius 1 is 0.654 bits per heavy atom. The fourth-order valence-electron chi connectivity index (χ4n) is 3.32. The molecule has 0 radical (unpaired) electrons. The van der Waals surface area contributed by atoms with Gasteiger partial charge in [-0.05, 0) is 35.9 Å². The van der Waals surface area contributed by atoms with Gasteiger partial charge in [-0.15, -0.1) is 0 Å². The van der Waals surface area contributed by atoms with Crippen LogP contribution in [-0.4, -0.2) is 9.38 Å². The predicted molar refractivity (Wildman–Crippen MR) is 108 cm³/mol. The minimum atomic E-state index is 0.858.